The SMILES string of the molecule is CCCCCCCCCCCCCCCCCCCCCOC(=O)CCCCCCCCCCCCCCCCCCCCC. The van der Waals surface area contributed by atoms with Gasteiger partial charge in [0.15, 0.2) is 0 Å². The van der Waals surface area contributed by atoms with E-state index >= 15 is 0 Å². The van der Waals surface area contributed by atoms with Gasteiger partial charge in [-0.3, -0.25) is 4.79 Å². The molecule has 0 aliphatic heterocycles. The van der Waals surface area contributed by atoms with E-state index in [4.69, 9.17) is 4.74 Å². The summed E-state index contributed by atoms with van der Waals surface area (Å²) in [6.07, 6.45) is 53.4. The number of carbonyl (C=O) groups excluding carboxylic acids is 1. The highest BCUT2D eigenvalue weighted by Crippen LogP contribution is 2.16. The summed E-state index contributed by atoms with van der Waals surface area (Å²) in [4.78, 5) is 12.0. The first-order chi connectivity index (χ1) is 22.3. The lowest BCUT2D eigenvalue weighted by molar-refractivity contribution is -0.143. The molecule has 0 unspecified atom stereocenters. The van der Waals surface area contributed by atoms with E-state index in [0.717, 1.165) is 12.8 Å². The van der Waals surface area contributed by atoms with E-state index in [1.807, 2.05) is 0 Å². The average molecular weight is 635 g/mol. The van der Waals surface area contributed by atoms with E-state index in [9.17, 15) is 4.79 Å². The first-order valence-corrected chi connectivity index (χ1v) is 21.5. The van der Waals surface area contributed by atoms with Crippen LogP contribution in [0.1, 0.15) is 264 Å². The summed E-state index contributed by atoms with van der Waals surface area (Å²) in [7, 11) is 0. The molecule has 0 amide bonds. The maximum Gasteiger partial charge on any atom is 0.305 e. The van der Waals surface area contributed by atoms with Gasteiger partial charge in [0, 0.05) is 6.42 Å². The minimum absolute atomic E-state index is 0.0318. The number of ether oxygens (including phenoxy) is 1. The Balaban J connectivity index is 3.14. The predicted molar refractivity (Wildman–Crippen MR) is 202 cm³/mol. The highest BCUT2D eigenvalue weighted by atomic mass is 16.5. The van der Waals surface area contributed by atoms with E-state index < -0.39 is 0 Å². The lowest BCUT2D eigenvalue weighted by atomic mass is 10.0. The molecule has 0 saturated heterocycles. The van der Waals surface area contributed by atoms with E-state index in [1.165, 1.54) is 231 Å². The quantitative estimate of drug-likeness (QED) is 0.0495. The van der Waals surface area contributed by atoms with Crippen LogP contribution in [0, 0.1) is 0 Å². The highest BCUT2D eigenvalue weighted by Gasteiger charge is 2.03. The van der Waals surface area contributed by atoms with Crippen LogP contribution >= 0.6 is 0 Å². The molecule has 0 atom stereocenters. The molecule has 0 aliphatic carbocycles. The van der Waals surface area contributed by atoms with Gasteiger partial charge in [-0.1, -0.05) is 245 Å². The Morgan fingerprint density at radius 3 is 0.733 bits per heavy atom. The molecule has 0 aromatic carbocycles. The second kappa shape index (κ2) is 41.5. The van der Waals surface area contributed by atoms with Crippen molar-refractivity contribution in [3.05, 3.63) is 0 Å². The molecule has 2 nitrogen and oxygen atoms in total. The van der Waals surface area contributed by atoms with Crippen molar-refractivity contribution < 1.29 is 9.53 Å². The fourth-order valence-corrected chi connectivity index (χ4v) is 6.79. The van der Waals surface area contributed by atoms with Crippen LogP contribution < -0.4 is 0 Å². The molecular weight excluding hydrogens is 548 g/mol. The number of carbonyl (C=O) groups is 1. The van der Waals surface area contributed by atoms with Crippen LogP contribution in [0.2, 0.25) is 0 Å². The van der Waals surface area contributed by atoms with Crippen molar-refractivity contribution in [2.75, 3.05) is 6.61 Å². The van der Waals surface area contributed by atoms with E-state index in [-0.39, 0.29) is 5.97 Å². The second-order valence-electron chi connectivity index (χ2n) is 14.7. The Hall–Kier alpha value is -0.530. The van der Waals surface area contributed by atoms with Gasteiger partial charge in [-0.2, -0.15) is 0 Å². The van der Waals surface area contributed by atoms with Crippen LogP contribution in [0.3, 0.4) is 0 Å². The van der Waals surface area contributed by atoms with Crippen LogP contribution in [0.15, 0.2) is 0 Å². The van der Waals surface area contributed by atoms with Crippen LogP contribution in [0.25, 0.3) is 0 Å². The zero-order valence-corrected chi connectivity index (χ0v) is 31.6. The molecule has 0 spiro atoms. The van der Waals surface area contributed by atoms with Crippen molar-refractivity contribution in [1.82, 2.24) is 0 Å². The monoisotopic (exact) mass is 635 g/mol. The Kier molecular flexibility index (Phi) is 41.0. The summed E-state index contributed by atoms with van der Waals surface area (Å²) in [6.45, 7) is 5.23. The minimum atomic E-state index is 0.0318. The standard InChI is InChI=1S/C43H86O2/c1-3-5-7-9-11-13-15-17-19-21-23-25-27-29-31-33-35-37-39-41-43(44)45-42-40-38-36-34-32-30-28-26-24-22-20-18-16-14-12-10-8-6-4-2/h3-42H2,1-2H3. The van der Waals surface area contributed by atoms with Gasteiger partial charge in [0.05, 0.1) is 6.61 Å². The maximum atomic E-state index is 12.0. The summed E-state index contributed by atoms with van der Waals surface area (Å²) in [5.41, 5.74) is 0. The molecule has 270 valence electrons. The number of rotatable bonds is 40. The Morgan fingerprint density at radius 2 is 0.489 bits per heavy atom. The van der Waals surface area contributed by atoms with Gasteiger partial charge in [-0.15, -0.1) is 0 Å². The van der Waals surface area contributed by atoms with Crippen LogP contribution in [0.4, 0.5) is 0 Å². The Morgan fingerprint density at radius 1 is 0.289 bits per heavy atom. The van der Waals surface area contributed by atoms with Gasteiger partial charge in [0.1, 0.15) is 0 Å². The molecule has 45 heavy (non-hydrogen) atoms. The number of hydrogen-bond donors (Lipinski definition) is 0. The Labute approximate surface area is 285 Å². The molecule has 0 aliphatic rings. The molecule has 0 aromatic heterocycles. The molecule has 0 bridgehead atoms. The normalized spacial score (nSPS) is 11.4. The van der Waals surface area contributed by atoms with Gasteiger partial charge in [0.25, 0.3) is 0 Å². The van der Waals surface area contributed by atoms with Crippen molar-refractivity contribution in [3.8, 4) is 0 Å². The van der Waals surface area contributed by atoms with Crippen LogP contribution in [0.5, 0.6) is 0 Å². The third-order valence-corrected chi connectivity index (χ3v) is 10.00. The maximum absolute atomic E-state index is 12.0. The average Bonchev–Trinajstić information content (AvgIpc) is 3.05. The molecule has 0 saturated carbocycles. The van der Waals surface area contributed by atoms with Gasteiger partial charge in [-0.25, -0.2) is 0 Å². The lowest BCUT2D eigenvalue weighted by Gasteiger charge is -2.06. The fraction of sp³-hybridized carbons (Fsp3) is 0.977. The molecule has 0 N–H and O–H groups in total. The smallest absolute Gasteiger partial charge is 0.305 e. The predicted octanol–water partition coefficient (Wildman–Crippen LogP) is 15.8. The fourth-order valence-electron chi connectivity index (χ4n) is 6.79. The third kappa shape index (κ3) is 41.4. The zero-order valence-electron chi connectivity index (χ0n) is 31.6. The highest BCUT2D eigenvalue weighted by molar-refractivity contribution is 5.69. The molecule has 0 aromatic rings. The molecule has 0 radical (unpaired) electrons. The second-order valence-corrected chi connectivity index (χ2v) is 14.7. The van der Waals surface area contributed by atoms with Crippen molar-refractivity contribution in [1.29, 1.82) is 0 Å². The summed E-state index contributed by atoms with van der Waals surface area (Å²) in [5.74, 6) is 0.0318. The van der Waals surface area contributed by atoms with Crippen LogP contribution in [-0.4, -0.2) is 12.6 Å². The lowest BCUT2D eigenvalue weighted by Crippen LogP contribution is -2.05. The molecule has 0 heterocycles. The first-order valence-electron chi connectivity index (χ1n) is 21.5. The van der Waals surface area contributed by atoms with Crippen molar-refractivity contribution in [3.63, 3.8) is 0 Å². The van der Waals surface area contributed by atoms with Gasteiger partial charge in [-0.05, 0) is 12.8 Å². The van der Waals surface area contributed by atoms with Gasteiger partial charge < -0.3 is 4.74 Å². The first kappa shape index (κ1) is 44.5. The van der Waals surface area contributed by atoms with Crippen molar-refractivity contribution in [2.45, 2.75) is 264 Å². The van der Waals surface area contributed by atoms with Gasteiger partial charge in [0.2, 0.25) is 0 Å². The zero-order chi connectivity index (χ0) is 32.6. The van der Waals surface area contributed by atoms with Crippen LogP contribution in [-0.2, 0) is 9.53 Å². The van der Waals surface area contributed by atoms with Gasteiger partial charge >= 0.3 is 5.97 Å². The van der Waals surface area contributed by atoms with E-state index in [2.05, 4.69) is 13.8 Å². The molecule has 2 heteroatoms. The Bertz CT molecular complexity index is 530. The summed E-state index contributed by atoms with van der Waals surface area (Å²) in [6, 6.07) is 0. The summed E-state index contributed by atoms with van der Waals surface area (Å²) >= 11 is 0. The number of unbranched alkanes of at least 4 members (excludes halogenated alkanes) is 36. The molecule has 0 rings (SSSR count). The van der Waals surface area contributed by atoms with Crippen molar-refractivity contribution in [2.24, 2.45) is 0 Å². The summed E-state index contributed by atoms with van der Waals surface area (Å²) < 4.78 is 5.47. The minimum Gasteiger partial charge on any atom is -0.466 e. The number of esters is 1. The number of hydrogen-bond acceptors (Lipinski definition) is 2. The van der Waals surface area contributed by atoms with Crippen molar-refractivity contribution >= 4 is 5.97 Å². The third-order valence-electron chi connectivity index (χ3n) is 10.00. The van der Waals surface area contributed by atoms with E-state index in [1.54, 1.807) is 0 Å². The molecule has 0 fully saturated rings. The van der Waals surface area contributed by atoms with E-state index in [0.29, 0.717) is 13.0 Å². The molecular formula is C43H86O2. The summed E-state index contributed by atoms with van der Waals surface area (Å²) in [5, 5.41) is 0. The topological polar surface area (TPSA) is 26.3 Å². The largest absolute Gasteiger partial charge is 0.466 e.